The third kappa shape index (κ3) is 4.86. The molecule has 0 saturated carbocycles. The van der Waals surface area contributed by atoms with Gasteiger partial charge in [0.05, 0.1) is 12.7 Å². The second-order valence-electron chi connectivity index (χ2n) is 5.08. The zero-order valence-corrected chi connectivity index (χ0v) is 13.6. The Labute approximate surface area is 132 Å². The van der Waals surface area contributed by atoms with Crippen LogP contribution in [0.5, 0.6) is 5.75 Å². The molecular weight excluding hydrogens is 336 g/mol. The quantitative estimate of drug-likeness (QED) is 0.789. The van der Waals surface area contributed by atoms with Crippen LogP contribution in [-0.4, -0.2) is 30.4 Å². The normalized spacial score (nSPS) is 18.3. The predicted molar refractivity (Wildman–Crippen MR) is 84.6 cm³/mol. The molecule has 0 radical (unpaired) electrons. The molecule has 0 aromatic heterocycles. The topological polar surface area (TPSA) is 55.8 Å². The van der Waals surface area contributed by atoms with E-state index in [2.05, 4.69) is 15.9 Å². The first kappa shape index (κ1) is 16.0. The van der Waals surface area contributed by atoms with Crippen molar-refractivity contribution >= 4 is 28.0 Å². The molecule has 2 rings (SSSR count). The van der Waals surface area contributed by atoms with Crippen LogP contribution in [0.3, 0.4) is 0 Å². The van der Waals surface area contributed by atoms with Crippen LogP contribution in [0, 0.1) is 6.92 Å². The van der Waals surface area contributed by atoms with Crippen molar-refractivity contribution in [3.63, 3.8) is 0 Å². The Balaban J connectivity index is 2.06. The number of benzene rings is 1. The molecule has 0 bridgehead atoms. The molecule has 0 aliphatic carbocycles. The molecule has 1 unspecified atom stereocenters. The Morgan fingerprint density at radius 3 is 3.05 bits per heavy atom. The van der Waals surface area contributed by atoms with Gasteiger partial charge in [-0.25, -0.2) is 4.79 Å². The largest absolute Gasteiger partial charge is 0.493 e. The Morgan fingerprint density at radius 1 is 1.57 bits per heavy atom. The van der Waals surface area contributed by atoms with Gasteiger partial charge in [-0.1, -0.05) is 15.9 Å². The highest BCUT2D eigenvalue weighted by Gasteiger charge is 2.16. The summed E-state index contributed by atoms with van der Waals surface area (Å²) in [6, 6.07) is 3.81. The fourth-order valence-corrected chi connectivity index (χ4v) is 2.99. The standard InChI is InChI=1S/C16H19BrO4/c1-11-9-13(17)10-12(4-5-15(18)19)16(11)21-8-6-14-3-2-7-20-14/h4-5,9-10,14H,2-3,6-8H2,1H3,(H,18,19)/b5-4+. The van der Waals surface area contributed by atoms with Gasteiger partial charge in [-0.05, 0) is 43.5 Å². The van der Waals surface area contributed by atoms with Crippen LogP contribution in [0.2, 0.25) is 0 Å². The van der Waals surface area contributed by atoms with Gasteiger partial charge >= 0.3 is 5.97 Å². The summed E-state index contributed by atoms with van der Waals surface area (Å²) in [4.78, 5) is 10.7. The SMILES string of the molecule is Cc1cc(Br)cc(/C=C/C(=O)O)c1OCCC1CCCO1. The average molecular weight is 355 g/mol. The Kier molecular flexibility index (Phi) is 5.82. The van der Waals surface area contributed by atoms with Gasteiger partial charge in [0, 0.05) is 29.1 Å². The van der Waals surface area contributed by atoms with E-state index in [9.17, 15) is 4.79 Å². The minimum absolute atomic E-state index is 0.291. The van der Waals surface area contributed by atoms with Crippen molar-refractivity contribution in [1.82, 2.24) is 0 Å². The number of aryl methyl sites for hydroxylation is 1. The maximum Gasteiger partial charge on any atom is 0.328 e. The molecule has 1 N–H and O–H groups in total. The number of ether oxygens (including phenoxy) is 2. The minimum atomic E-state index is -0.974. The molecule has 4 nitrogen and oxygen atoms in total. The summed E-state index contributed by atoms with van der Waals surface area (Å²) in [6.45, 7) is 3.36. The molecule has 1 fully saturated rings. The molecular formula is C16H19BrO4. The van der Waals surface area contributed by atoms with Crippen molar-refractivity contribution in [3.8, 4) is 5.75 Å². The number of hydrogen-bond donors (Lipinski definition) is 1. The summed E-state index contributed by atoms with van der Waals surface area (Å²) in [6.07, 6.45) is 6.04. The van der Waals surface area contributed by atoms with Crippen LogP contribution in [-0.2, 0) is 9.53 Å². The van der Waals surface area contributed by atoms with Gasteiger partial charge in [0.2, 0.25) is 0 Å². The molecule has 0 amide bonds. The van der Waals surface area contributed by atoms with Gasteiger partial charge in [0.15, 0.2) is 0 Å². The average Bonchev–Trinajstić information content (AvgIpc) is 2.92. The number of halogens is 1. The smallest absolute Gasteiger partial charge is 0.328 e. The second-order valence-corrected chi connectivity index (χ2v) is 6.00. The molecule has 5 heteroatoms. The van der Waals surface area contributed by atoms with E-state index in [-0.39, 0.29) is 0 Å². The van der Waals surface area contributed by atoms with Crippen molar-refractivity contribution in [3.05, 3.63) is 33.8 Å². The molecule has 114 valence electrons. The Morgan fingerprint density at radius 2 is 2.38 bits per heavy atom. The lowest BCUT2D eigenvalue weighted by Crippen LogP contribution is -2.11. The third-order valence-electron chi connectivity index (χ3n) is 3.38. The number of carboxylic acids is 1. The molecule has 1 aromatic carbocycles. The first-order chi connectivity index (χ1) is 10.1. The highest BCUT2D eigenvalue weighted by molar-refractivity contribution is 9.10. The van der Waals surface area contributed by atoms with Crippen LogP contribution in [0.15, 0.2) is 22.7 Å². The molecule has 0 spiro atoms. The molecule has 21 heavy (non-hydrogen) atoms. The zero-order chi connectivity index (χ0) is 15.2. The summed E-state index contributed by atoms with van der Waals surface area (Å²) in [7, 11) is 0. The molecule has 1 aliphatic rings. The number of rotatable bonds is 6. The van der Waals surface area contributed by atoms with Gasteiger partial charge in [-0.15, -0.1) is 0 Å². The summed E-state index contributed by atoms with van der Waals surface area (Å²) in [5.41, 5.74) is 1.73. The maximum atomic E-state index is 10.7. The summed E-state index contributed by atoms with van der Waals surface area (Å²) in [5, 5.41) is 8.77. The fraction of sp³-hybridized carbons (Fsp3) is 0.438. The monoisotopic (exact) mass is 354 g/mol. The Bertz CT molecular complexity index is 533. The fourth-order valence-electron chi connectivity index (χ4n) is 2.40. The first-order valence-electron chi connectivity index (χ1n) is 7.02. The van der Waals surface area contributed by atoms with Crippen LogP contribution >= 0.6 is 15.9 Å². The van der Waals surface area contributed by atoms with E-state index < -0.39 is 5.97 Å². The molecule has 1 atom stereocenters. The maximum absolute atomic E-state index is 10.7. The first-order valence-corrected chi connectivity index (χ1v) is 7.81. The summed E-state index contributed by atoms with van der Waals surface area (Å²) >= 11 is 3.42. The number of carbonyl (C=O) groups is 1. The Hall–Kier alpha value is -1.33. The lowest BCUT2D eigenvalue weighted by Gasteiger charge is -2.15. The van der Waals surface area contributed by atoms with Gasteiger partial charge in [0.1, 0.15) is 5.75 Å². The van der Waals surface area contributed by atoms with Crippen LogP contribution in [0.4, 0.5) is 0 Å². The minimum Gasteiger partial charge on any atom is -0.493 e. The van der Waals surface area contributed by atoms with Crippen LogP contribution < -0.4 is 4.74 Å². The van der Waals surface area contributed by atoms with E-state index in [1.54, 1.807) is 6.08 Å². The van der Waals surface area contributed by atoms with Crippen molar-refractivity contribution in [1.29, 1.82) is 0 Å². The predicted octanol–water partition coefficient (Wildman–Crippen LogP) is 3.80. The lowest BCUT2D eigenvalue weighted by molar-refractivity contribution is -0.131. The molecule has 1 aliphatic heterocycles. The van der Waals surface area contributed by atoms with Crippen LogP contribution in [0.25, 0.3) is 6.08 Å². The zero-order valence-electron chi connectivity index (χ0n) is 12.0. The molecule has 1 aromatic rings. The highest BCUT2D eigenvalue weighted by atomic mass is 79.9. The van der Waals surface area contributed by atoms with E-state index in [1.807, 2.05) is 19.1 Å². The third-order valence-corrected chi connectivity index (χ3v) is 3.84. The van der Waals surface area contributed by atoms with Crippen molar-refractivity contribution < 1.29 is 19.4 Å². The van der Waals surface area contributed by atoms with Gasteiger partial charge in [-0.2, -0.15) is 0 Å². The van der Waals surface area contributed by atoms with Crippen molar-refractivity contribution in [2.24, 2.45) is 0 Å². The highest BCUT2D eigenvalue weighted by Crippen LogP contribution is 2.29. The van der Waals surface area contributed by atoms with Gasteiger partial charge < -0.3 is 14.6 Å². The van der Waals surface area contributed by atoms with E-state index in [1.165, 1.54) is 0 Å². The van der Waals surface area contributed by atoms with Gasteiger partial charge in [-0.3, -0.25) is 0 Å². The van der Waals surface area contributed by atoms with Gasteiger partial charge in [0.25, 0.3) is 0 Å². The van der Waals surface area contributed by atoms with E-state index in [0.717, 1.165) is 53.3 Å². The second kappa shape index (κ2) is 7.61. The number of hydrogen-bond acceptors (Lipinski definition) is 3. The molecule has 1 saturated heterocycles. The van der Waals surface area contributed by atoms with Crippen molar-refractivity contribution in [2.45, 2.75) is 32.3 Å². The molecule has 1 heterocycles. The number of carboxylic acid groups (broad SMARTS) is 1. The van der Waals surface area contributed by atoms with Crippen LogP contribution in [0.1, 0.15) is 30.4 Å². The summed E-state index contributed by atoms with van der Waals surface area (Å²) < 4.78 is 12.3. The van der Waals surface area contributed by atoms with E-state index in [4.69, 9.17) is 14.6 Å². The van der Waals surface area contributed by atoms with E-state index in [0.29, 0.717) is 12.7 Å². The summed E-state index contributed by atoms with van der Waals surface area (Å²) in [5.74, 6) is -0.244. The van der Waals surface area contributed by atoms with Crippen molar-refractivity contribution in [2.75, 3.05) is 13.2 Å². The lowest BCUT2D eigenvalue weighted by atomic mass is 10.1. The number of aliphatic carboxylic acids is 1. The van der Waals surface area contributed by atoms with E-state index >= 15 is 0 Å².